The van der Waals surface area contributed by atoms with Crippen LogP contribution in [0.5, 0.6) is 0 Å². The fraction of sp³-hybridized carbons (Fsp3) is 0.167. The zero-order valence-electron chi connectivity index (χ0n) is 9.88. The number of anilines is 1. The van der Waals surface area contributed by atoms with Crippen LogP contribution in [0.2, 0.25) is 0 Å². The highest BCUT2D eigenvalue weighted by Gasteiger charge is 2.36. The molecular formula is C12H8BrN3O3. The predicted molar refractivity (Wildman–Crippen MR) is 68.7 cm³/mol. The number of hydrogen-bond acceptors (Lipinski definition) is 5. The Kier molecular flexibility index (Phi) is 2.70. The van der Waals surface area contributed by atoms with Crippen molar-refractivity contribution in [3.05, 3.63) is 39.6 Å². The number of ketones is 1. The van der Waals surface area contributed by atoms with Crippen LogP contribution in [0.15, 0.2) is 27.3 Å². The van der Waals surface area contributed by atoms with Crippen molar-refractivity contribution in [2.75, 3.05) is 4.90 Å². The van der Waals surface area contributed by atoms with Gasteiger partial charge in [0.15, 0.2) is 0 Å². The third-order valence-corrected chi connectivity index (χ3v) is 3.48. The van der Waals surface area contributed by atoms with E-state index in [1.54, 1.807) is 25.1 Å². The second-order valence-electron chi connectivity index (χ2n) is 4.18. The van der Waals surface area contributed by atoms with Crippen LogP contribution in [0.4, 0.5) is 5.69 Å². The first-order valence-electron chi connectivity index (χ1n) is 5.51. The maximum absolute atomic E-state index is 12.0. The standard InChI is InChI=1S/C12H8BrN3O3/c1-6-9(15-19-14-6)5-16-10-4-7(13)2-3-8(10)11(17)12(16)18/h2-4H,5H2,1H3. The van der Waals surface area contributed by atoms with Gasteiger partial charge in [-0.25, -0.2) is 4.63 Å². The fourth-order valence-electron chi connectivity index (χ4n) is 1.97. The van der Waals surface area contributed by atoms with E-state index in [0.29, 0.717) is 22.6 Å². The number of benzene rings is 1. The number of aromatic nitrogens is 2. The first kappa shape index (κ1) is 12.0. The minimum atomic E-state index is -0.560. The van der Waals surface area contributed by atoms with E-state index in [2.05, 4.69) is 30.9 Å². The lowest BCUT2D eigenvalue weighted by Gasteiger charge is -2.14. The van der Waals surface area contributed by atoms with Crippen molar-refractivity contribution >= 4 is 33.3 Å². The molecule has 1 aromatic heterocycles. The number of halogens is 1. The molecule has 7 heteroatoms. The molecule has 96 valence electrons. The first-order chi connectivity index (χ1) is 9.08. The highest BCUT2D eigenvalue weighted by molar-refractivity contribution is 9.10. The number of carbonyl (C=O) groups is 2. The molecule has 0 aliphatic carbocycles. The van der Waals surface area contributed by atoms with E-state index >= 15 is 0 Å². The van der Waals surface area contributed by atoms with Gasteiger partial charge in [-0.15, -0.1) is 0 Å². The number of hydrogen-bond donors (Lipinski definition) is 0. The number of nitrogens with zero attached hydrogens (tertiary/aromatic N) is 3. The first-order valence-corrected chi connectivity index (χ1v) is 6.31. The largest absolute Gasteiger partial charge is 0.299 e. The topological polar surface area (TPSA) is 76.3 Å². The summed E-state index contributed by atoms with van der Waals surface area (Å²) in [7, 11) is 0. The zero-order valence-corrected chi connectivity index (χ0v) is 11.5. The molecule has 19 heavy (non-hydrogen) atoms. The quantitative estimate of drug-likeness (QED) is 0.789. The number of aryl methyl sites for hydroxylation is 1. The molecule has 0 fully saturated rings. The van der Waals surface area contributed by atoms with Gasteiger partial charge in [-0.2, -0.15) is 0 Å². The van der Waals surface area contributed by atoms with Crippen molar-refractivity contribution in [3.63, 3.8) is 0 Å². The number of carbonyl (C=O) groups excluding carboxylic acids is 2. The van der Waals surface area contributed by atoms with Crippen LogP contribution in [0.3, 0.4) is 0 Å². The van der Waals surface area contributed by atoms with Crippen LogP contribution >= 0.6 is 15.9 Å². The number of fused-ring (bicyclic) bond motifs is 1. The summed E-state index contributed by atoms with van der Waals surface area (Å²) in [6.07, 6.45) is 0. The van der Waals surface area contributed by atoms with Gasteiger partial charge in [0.05, 0.1) is 17.8 Å². The highest BCUT2D eigenvalue weighted by atomic mass is 79.9. The van der Waals surface area contributed by atoms with Gasteiger partial charge in [0.2, 0.25) is 0 Å². The molecule has 0 radical (unpaired) electrons. The molecule has 0 N–H and O–H groups in total. The molecule has 0 spiro atoms. The minimum Gasteiger partial charge on any atom is -0.299 e. The Morgan fingerprint density at radius 2 is 2.11 bits per heavy atom. The van der Waals surface area contributed by atoms with Crippen molar-refractivity contribution in [1.29, 1.82) is 0 Å². The van der Waals surface area contributed by atoms with Crippen LogP contribution in [-0.2, 0) is 11.3 Å². The average molecular weight is 322 g/mol. The lowest BCUT2D eigenvalue weighted by molar-refractivity contribution is -0.114. The van der Waals surface area contributed by atoms with Crippen molar-refractivity contribution in [1.82, 2.24) is 10.3 Å². The summed E-state index contributed by atoms with van der Waals surface area (Å²) in [6, 6.07) is 5.10. The third kappa shape index (κ3) is 1.86. The van der Waals surface area contributed by atoms with E-state index in [-0.39, 0.29) is 6.54 Å². The van der Waals surface area contributed by atoms with Crippen LogP contribution in [0, 0.1) is 6.92 Å². The Bertz CT molecular complexity index is 695. The number of Topliss-reactive ketones (excluding diaryl/α,β-unsaturated/α-hetero) is 1. The lowest BCUT2D eigenvalue weighted by atomic mass is 10.1. The molecule has 2 heterocycles. The van der Waals surface area contributed by atoms with Crippen LogP contribution in [0.25, 0.3) is 0 Å². The summed E-state index contributed by atoms with van der Waals surface area (Å²) in [5.74, 6) is -1.06. The molecule has 0 atom stereocenters. The van der Waals surface area contributed by atoms with Gasteiger partial charge in [0, 0.05) is 4.47 Å². The zero-order chi connectivity index (χ0) is 13.6. The third-order valence-electron chi connectivity index (χ3n) is 2.99. The highest BCUT2D eigenvalue weighted by Crippen LogP contribution is 2.32. The van der Waals surface area contributed by atoms with Gasteiger partial charge in [0.1, 0.15) is 11.4 Å². The van der Waals surface area contributed by atoms with Crippen LogP contribution in [0.1, 0.15) is 21.7 Å². The molecule has 0 saturated carbocycles. The number of amides is 1. The summed E-state index contributed by atoms with van der Waals surface area (Å²) in [6.45, 7) is 1.90. The molecular weight excluding hydrogens is 314 g/mol. The Hall–Kier alpha value is -2.02. The van der Waals surface area contributed by atoms with Crippen LogP contribution < -0.4 is 4.90 Å². The number of rotatable bonds is 2. The lowest BCUT2D eigenvalue weighted by Crippen LogP contribution is -2.29. The smallest absolute Gasteiger partial charge is 0.299 e. The summed E-state index contributed by atoms with van der Waals surface area (Å²) >= 11 is 3.33. The van der Waals surface area contributed by atoms with Crippen molar-refractivity contribution < 1.29 is 14.2 Å². The van der Waals surface area contributed by atoms with Gasteiger partial charge in [-0.05, 0) is 25.1 Å². The SMILES string of the molecule is Cc1nonc1CN1C(=O)C(=O)c2ccc(Br)cc21. The summed E-state index contributed by atoms with van der Waals surface area (Å²) in [5, 5.41) is 7.39. The molecule has 1 aliphatic rings. The van der Waals surface area contributed by atoms with Crippen molar-refractivity contribution in [2.24, 2.45) is 0 Å². The normalized spacial score (nSPS) is 14.1. The van der Waals surface area contributed by atoms with Gasteiger partial charge in [-0.3, -0.25) is 14.5 Å². The molecule has 6 nitrogen and oxygen atoms in total. The van der Waals surface area contributed by atoms with Gasteiger partial charge in [0.25, 0.3) is 11.7 Å². The summed E-state index contributed by atoms with van der Waals surface area (Å²) < 4.78 is 5.40. The Labute approximate surface area is 116 Å². The summed E-state index contributed by atoms with van der Waals surface area (Å²) in [5.41, 5.74) is 2.12. The maximum atomic E-state index is 12.0. The molecule has 1 aliphatic heterocycles. The molecule has 2 aromatic rings. The molecule has 0 bridgehead atoms. The molecule has 3 rings (SSSR count). The van der Waals surface area contributed by atoms with E-state index in [1.807, 2.05) is 0 Å². The second kappa shape index (κ2) is 4.27. The second-order valence-corrected chi connectivity index (χ2v) is 5.09. The van der Waals surface area contributed by atoms with E-state index in [1.165, 1.54) is 4.90 Å². The van der Waals surface area contributed by atoms with E-state index < -0.39 is 11.7 Å². The predicted octanol–water partition coefficient (Wildman–Crippen LogP) is 1.87. The Balaban J connectivity index is 2.04. The van der Waals surface area contributed by atoms with Gasteiger partial charge >= 0.3 is 0 Å². The Morgan fingerprint density at radius 3 is 2.79 bits per heavy atom. The van der Waals surface area contributed by atoms with E-state index in [0.717, 1.165) is 4.47 Å². The molecule has 1 aromatic carbocycles. The van der Waals surface area contributed by atoms with Crippen molar-refractivity contribution in [3.8, 4) is 0 Å². The molecule has 0 unspecified atom stereocenters. The molecule has 0 saturated heterocycles. The van der Waals surface area contributed by atoms with Gasteiger partial charge in [-0.1, -0.05) is 26.2 Å². The fourth-order valence-corrected chi connectivity index (χ4v) is 2.32. The van der Waals surface area contributed by atoms with Gasteiger partial charge < -0.3 is 0 Å². The monoisotopic (exact) mass is 321 g/mol. The minimum absolute atomic E-state index is 0.170. The van der Waals surface area contributed by atoms with E-state index in [4.69, 9.17) is 0 Å². The van der Waals surface area contributed by atoms with Crippen molar-refractivity contribution in [2.45, 2.75) is 13.5 Å². The van der Waals surface area contributed by atoms with Crippen LogP contribution in [-0.4, -0.2) is 22.0 Å². The molecule has 1 amide bonds. The summed E-state index contributed by atoms with van der Waals surface area (Å²) in [4.78, 5) is 25.2. The maximum Gasteiger partial charge on any atom is 0.299 e. The average Bonchev–Trinajstić information content (AvgIpc) is 2.88. The Morgan fingerprint density at radius 1 is 1.32 bits per heavy atom. The van der Waals surface area contributed by atoms with E-state index in [9.17, 15) is 9.59 Å².